The maximum absolute atomic E-state index is 9.53. The molecule has 0 atom stereocenters. The third-order valence-electron chi connectivity index (χ3n) is 3.02. The quantitative estimate of drug-likeness (QED) is 0.642. The maximum Gasteiger partial charge on any atom is 0.116 e. The first-order chi connectivity index (χ1) is 8.79. The number of phenolic OH excluding ortho intramolecular Hbond substituents is 1. The number of aromatic hydroxyl groups is 1. The van der Waals surface area contributed by atoms with Crippen LogP contribution in [0.15, 0.2) is 42.5 Å². The van der Waals surface area contributed by atoms with Crippen LogP contribution in [0.25, 0.3) is 22.2 Å². The first-order valence-corrected chi connectivity index (χ1v) is 5.75. The lowest BCUT2D eigenvalue weighted by Gasteiger charge is -2.01. The number of para-hydroxylation sites is 1. The van der Waals surface area contributed by atoms with Crippen LogP contribution in [0.2, 0.25) is 0 Å². The molecule has 3 aromatic rings. The minimum atomic E-state index is 0.241. The molecule has 0 saturated carbocycles. The van der Waals surface area contributed by atoms with Gasteiger partial charge in [0.1, 0.15) is 5.75 Å². The number of rotatable bonds is 2. The lowest BCUT2D eigenvalue weighted by molar-refractivity contribution is 0.475. The molecule has 4 N–H and O–H groups in total. The fourth-order valence-corrected chi connectivity index (χ4v) is 2.14. The van der Waals surface area contributed by atoms with Crippen molar-refractivity contribution in [2.45, 2.75) is 6.54 Å². The van der Waals surface area contributed by atoms with Gasteiger partial charge in [0.2, 0.25) is 0 Å². The summed E-state index contributed by atoms with van der Waals surface area (Å²) in [6, 6.07) is 13.0. The number of aromatic nitrogens is 2. The number of hydrogen-bond donors (Lipinski definition) is 3. The van der Waals surface area contributed by atoms with Gasteiger partial charge in [-0.05, 0) is 17.7 Å². The molecule has 0 fully saturated rings. The molecule has 0 bridgehead atoms. The van der Waals surface area contributed by atoms with Gasteiger partial charge >= 0.3 is 0 Å². The summed E-state index contributed by atoms with van der Waals surface area (Å²) in [5, 5.41) is 17.9. The number of phenols is 1. The van der Waals surface area contributed by atoms with E-state index in [0.717, 1.165) is 27.7 Å². The van der Waals surface area contributed by atoms with E-state index in [9.17, 15) is 5.11 Å². The second-order valence-corrected chi connectivity index (χ2v) is 4.17. The van der Waals surface area contributed by atoms with Crippen molar-refractivity contribution < 1.29 is 5.11 Å². The first kappa shape index (κ1) is 10.8. The van der Waals surface area contributed by atoms with Gasteiger partial charge in [-0.15, -0.1) is 0 Å². The molecule has 0 aliphatic carbocycles. The van der Waals surface area contributed by atoms with Gasteiger partial charge in [0.15, 0.2) is 0 Å². The molecule has 3 rings (SSSR count). The van der Waals surface area contributed by atoms with Gasteiger partial charge in [-0.3, -0.25) is 5.10 Å². The largest absolute Gasteiger partial charge is 0.508 e. The molecule has 0 amide bonds. The highest BCUT2D eigenvalue weighted by atomic mass is 16.3. The minimum Gasteiger partial charge on any atom is -0.508 e. The molecular weight excluding hydrogens is 226 g/mol. The van der Waals surface area contributed by atoms with Gasteiger partial charge < -0.3 is 10.8 Å². The average Bonchev–Trinajstić information content (AvgIpc) is 2.82. The van der Waals surface area contributed by atoms with Crippen molar-refractivity contribution in [3.05, 3.63) is 48.0 Å². The van der Waals surface area contributed by atoms with E-state index in [0.29, 0.717) is 6.54 Å². The topological polar surface area (TPSA) is 74.9 Å². The Morgan fingerprint density at radius 3 is 2.78 bits per heavy atom. The summed E-state index contributed by atoms with van der Waals surface area (Å²) >= 11 is 0. The lowest BCUT2D eigenvalue weighted by Crippen LogP contribution is -1.96. The second kappa shape index (κ2) is 4.16. The Morgan fingerprint density at radius 1 is 1.17 bits per heavy atom. The Morgan fingerprint density at radius 2 is 2.00 bits per heavy atom. The van der Waals surface area contributed by atoms with Crippen LogP contribution in [-0.2, 0) is 6.54 Å². The minimum absolute atomic E-state index is 0.241. The zero-order chi connectivity index (χ0) is 12.5. The van der Waals surface area contributed by atoms with Gasteiger partial charge in [-0.25, -0.2) is 0 Å². The molecule has 0 unspecified atom stereocenters. The molecule has 4 nitrogen and oxygen atoms in total. The lowest BCUT2D eigenvalue weighted by atomic mass is 10.1. The van der Waals surface area contributed by atoms with Crippen LogP contribution in [0.1, 0.15) is 5.56 Å². The number of nitrogens with two attached hydrogens (primary N) is 1. The monoisotopic (exact) mass is 239 g/mol. The molecule has 0 aliphatic heterocycles. The zero-order valence-electron chi connectivity index (χ0n) is 9.72. The van der Waals surface area contributed by atoms with E-state index in [4.69, 9.17) is 5.73 Å². The molecule has 90 valence electrons. The van der Waals surface area contributed by atoms with E-state index in [1.165, 1.54) is 0 Å². The van der Waals surface area contributed by atoms with Gasteiger partial charge in [-0.2, -0.15) is 5.10 Å². The number of aromatic amines is 1. The van der Waals surface area contributed by atoms with E-state index < -0.39 is 0 Å². The maximum atomic E-state index is 9.53. The number of nitrogens with one attached hydrogen (secondary N) is 1. The molecule has 0 aliphatic rings. The number of fused-ring (bicyclic) bond motifs is 1. The summed E-state index contributed by atoms with van der Waals surface area (Å²) in [5.74, 6) is 0.241. The van der Waals surface area contributed by atoms with E-state index in [2.05, 4.69) is 10.2 Å². The summed E-state index contributed by atoms with van der Waals surface area (Å²) < 4.78 is 0. The molecule has 4 heteroatoms. The third-order valence-corrected chi connectivity index (χ3v) is 3.02. The number of benzene rings is 2. The SMILES string of the molecule is NCc1cccc2c(-c3cccc(O)c3)[nH]nc12. The zero-order valence-corrected chi connectivity index (χ0v) is 9.72. The van der Waals surface area contributed by atoms with Crippen LogP contribution >= 0.6 is 0 Å². The summed E-state index contributed by atoms with van der Waals surface area (Å²) in [6.45, 7) is 0.460. The molecule has 0 radical (unpaired) electrons. The Labute approximate surface area is 104 Å². The van der Waals surface area contributed by atoms with Crippen molar-refractivity contribution in [3.8, 4) is 17.0 Å². The molecule has 18 heavy (non-hydrogen) atoms. The van der Waals surface area contributed by atoms with Crippen LogP contribution in [0.5, 0.6) is 5.75 Å². The molecule has 0 saturated heterocycles. The van der Waals surface area contributed by atoms with Crippen molar-refractivity contribution in [2.75, 3.05) is 0 Å². The second-order valence-electron chi connectivity index (χ2n) is 4.17. The molecule has 1 heterocycles. The van der Waals surface area contributed by atoms with Crippen molar-refractivity contribution in [1.29, 1.82) is 0 Å². The highest BCUT2D eigenvalue weighted by Crippen LogP contribution is 2.29. The van der Waals surface area contributed by atoms with Crippen LogP contribution < -0.4 is 5.73 Å². The van der Waals surface area contributed by atoms with Crippen molar-refractivity contribution in [1.82, 2.24) is 10.2 Å². The highest BCUT2D eigenvalue weighted by Gasteiger charge is 2.10. The van der Waals surface area contributed by atoms with E-state index in [-0.39, 0.29) is 5.75 Å². The number of hydrogen-bond acceptors (Lipinski definition) is 3. The predicted octanol–water partition coefficient (Wildman–Crippen LogP) is 2.39. The Kier molecular flexibility index (Phi) is 2.50. The fourth-order valence-electron chi connectivity index (χ4n) is 2.14. The van der Waals surface area contributed by atoms with Crippen LogP contribution in [0, 0.1) is 0 Å². The third kappa shape index (κ3) is 1.63. The van der Waals surface area contributed by atoms with Crippen molar-refractivity contribution in [2.24, 2.45) is 5.73 Å². The van der Waals surface area contributed by atoms with Gasteiger partial charge in [0.25, 0.3) is 0 Å². The van der Waals surface area contributed by atoms with E-state index in [1.54, 1.807) is 12.1 Å². The smallest absolute Gasteiger partial charge is 0.116 e. The summed E-state index contributed by atoms with van der Waals surface area (Å²) in [5.41, 5.74) is 9.40. The first-order valence-electron chi connectivity index (χ1n) is 5.75. The van der Waals surface area contributed by atoms with Gasteiger partial charge in [0, 0.05) is 17.5 Å². The van der Waals surface area contributed by atoms with Crippen LogP contribution in [0.3, 0.4) is 0 Å². The van der Waals surface area contributed by atoms with Crippen LogP contribution in [-0.4, -0.2) is 15.3 Å². The number of nitrogens with zero attached hydrogens (tertiary/aromatic N) is 1. The molecule has 0 spiro atoms. The van der Waals surface area contributed by atoms with Gasteiger partial charge in [0.05, 0.1) is 11.2 Å². The van der Waals surface area contributed by atoms with Crippen molar-refractivity contribution >= 4 is 10.9 Å². The van der Waals surface area contributed by atoms with Crippen molar-refractivity contribution in [3.63, 3.8) is 0 Å². The summed E-state index contributed by atoms with van der Waals surface area (Å²) in [4.78, 5) is 0. The highest BCUT2D eigenvalue weighted by molar-refractivity contribution is 5.94. The Bertz CT molecular complexity index is 703. The Balaban J connectivity index is 2.25. The normalized spacial score (nSPS) is 10.9. The summed E-state index contributed by atoms with van der Waals surface area (Å²) in [6.07, 6.45) is 0. The molecule has 2 aromatic carbocycles. The van der Waals surface area contributed by atoms with E-state index >= 15 is 0 Å². The average molecular weight is 239 g/mol. The molecule has 1 aromatic heterocycles. The van der Waals surface area contributed by atoms with Gasteiger partial charge in [-0.1, -0.05) is 30.3 Å². The van der Waals surface area contributed by atoms with E-state index in [1.807, 2.05) is 30.3 Å². The molecular formula is C14H13N3O. The fraction of sp³-hybridized carbons (Fsp3) is 0.0714. The predicted molar refractivity (Wildman–Crippen MR) is 71.1 cm³/mol. The number of H-pyrrole nitrogens is 1. The Hall–Kier alpha value is -2.33. The standard InChI is InChI=1S/C14H13N3O/c15-8-10-4-2-6-12-13(16-17-14(10)12)9-3-1-5-11(18)7-9/h1-7,18H,8,15H2,(H,16,17). The summed E-state index contributed by atoms with van der Waals surface area (Å²) in [7, 11) is 0. The van der Waals surface area contributed by atoms with Crippen LogP contribution in [0.4, 0.5) is 0 Å².